The van der Waals surface area contributed by atoms with Crippen molar-refractivity contribution in [3.8, 4) is 0 Å². The maximum Gasteiger partial charge on any atom is 0.293 e. The van der Waals surface area contributed by atoms with E-state index in [1.165, 1.54) is 12.1 Å². The zero-order valence-electron chi connectivity index (χ0n) is 11.5. The van der Waals surface area contributed by atoms with E-state index in [0.717, 1.165) is 0 Å². The molecule has 1 aromatic carbocycles. The SMILES string of the molecule is CN(C)/C=C/C(=O)c1ccc(N(C)C)c([N+](=O)[O-])c1. The molecule has 102 valence electrons. The predicted octanol–water partition coefficient (Wildman–Crippen LogP) is 1.92. The smallest absolute Gasteiger partial charge is 0.293 e. The zero-order chi connectivity index (χ0) is 14.6. The number of benzene rings is 1. The quantitative estimate of drug-likeness (QED) is 0.351. The van der Waals surface area contributed by atoms with Crippen LogP contribution in [-0.2, 0) is 0 Å². The molecule has 0 aromatic heterocycles. The summed E-state index contributed by atoms with van der Waals surface area (Å²) in [6, 6.07) is 4.47. The molecular weight excluding hydrogens is 246 g/mol. The Morgan fingerprint density at radius 3 is 2.37 bits per heavy atom. The van der Waals surface area contributed by atoms with Gasteiger partial charge in [0.05, 0.1) is 4.92 Å². The van der Waals surface area contributed by atoms with Gasteiger partial charge in [-0.25, -0.2) is 0 Å². The lowest BCUT2D eigenvalue weighted by Crippen LogP contribution is -2.11. The minimum atomic E-state index is -0.484. The van der Waals surface area contributed by atoms with Gasteiger partial charge in [0.2, 0.25) is 0 Å². The minimum absolute atomic E-state index is 0.0749. The summed E-state index contributed by atoms with van der Waals surface area (Å²) in [5.74, 6) is -0.262. The Kier molecular flexibility index (Phi) is 4.63. The Hall–Kier alpha value is -2.37. The largest absolute Gasteiger partial charge is 0.383 e. The molecule has 0 amide bonds. The van der Waals surface area contributed by atoms with Crippen LogP contribution in [-0.4, -0.2) is 43.8 Å². The van der Waals surface area contributed by atoms with Crippen molar-refractivity contribution >= 4 is 17.2 Å². The number of nitro benzene ring substituents is 1. The Morgan fingerprint density at radius 2 is 1.89 bits per heavy atom. The average Bonchev–Trinajstić information content (AvgIpc) is 2.34. The third-order valence-electron chi connectivity index (χ3n) is 2.46. The van der Waals surface area contributed by atoms with Crippen LogP contribution >= 0.6 is 0 Å². The van der Waals surface area contributed by atoms with Crippen LogP contribution < -0.4 is 4.90 Å². The van der Waals surface area contributed by atoms with Gasteiger partial charge in [-0.1, -0.05) is 0 Å². The van der Waals surface area contributed by atoms with Gasteiger partial charge in [0.25, 0.3) is 5.69 Å². The van der Waals surface area contributed by atoms with E-state index in [2.05, 4.69) is 0 Å². The van der Waals surface area contributed by atoms with Crippen LogP contribution in [0.1, 0.15) is 10.4 Å². The van der Waals surface area contributed by atoms with Crippen LogP contribution in [0.4, 0.5) is 11.4 Å². The second kappa shape index (κ2) is 5.99. The first-order valence-corrected chi connectivity index (χ1v) is 5.67. The molecular formula is C13H17N3O3. The maximum atomic E-state index is 11.9. The Labute approximate surface area is 112 Å². The second-order valence-electron chi connectivity index (χ2n) is 4.50. The summed E-state index contributed by atoms with van der Waals surface area (Å²) in [5.41, 5.74) is 0.697. The number of hydrogen-bond donors (Lipinski definition) is 0. The van der Waals surface area contributed by atoms with Crippen molar-refractivity contribution in [1.29, 1.82) is 0 Å². The van der Waals surface area contributed by atoms with Crippen molar-refractivity contribution in [2.45, 2.75) is 0 Å². The molecule has 6 heteroatoms. The van der Waals surface area contributed by atoms with Crippen molar-refractivity contribution in [2.24, 2.45) is 0 Å². The number of hydrogen-bond acceptors (Lipinski definition) is 5. The molecule has 0 N–H and O–H groups in total. The summed E-state index contributed by atoms with van der Waals surface area (Å²) in [6.07, 6.45) is 2.99. The summed E-state index contributed by atoms with van der Waals surface area (Å²) in [7, 11) is 7.02. The number of allylic oxidation sites excluding steroid dienone is 1. The zero-order valence-corrected chi connectivity index (χ0v) is 11.5. The number of carbonyl (C=O) groups excluding carboxylic acids is 1. The maximum absolute atomic E-state index is 11.9. The lowest BCUT2D eigenvalue weighted by molar-refractivity contribution is -0.384. The number of ketones is 1. The molecule has 0 saturated heterocycles. The van der Waals surface area contributed by atoms with Crippen LogP contribution in [0.3, 0.4) is 0 Å². The van der Waals surface area contributed by atoms with Crippen molar-refractivity contribution < 1.29 is 9.72 Å². The molecule has 6 nitrogen and oxygen atoms in total. The van der Waals surface area contributed by atoms with Crippen molar-refractivity contribution in [1.82, 2.24) is 4.90 Å². The highest BCUT2D eigenvalue weighted by atomic mass is 16.6. The standard InChI is InChI=1S/C13H17N3O3/c1-14(2)8-7-13(17)10-5-6-11(15(3)4)12(9-10)16(18)19/h5-9H,1-4H3/b8-7+. The van der Waals surface area contributed by atoms with Crippen LogP contribution in [0.5, 0.6) is 0 Å². The summed E-state index contributed by atoms with van der Waals surface area (Å²) >= 11 is 0. The van der Waals surface area contributed by atoms with E-state index >= 15 is 0 Å². The van der Waals surface area contributed by atoms with Crippen molar-refractivity contribution in [3.63, 3.8) is 0 Å². The molecule has 0 bridgehead atoms. The number of nitro groups is 1. The van der Waals surface area contributed by atoms with E-state index in [-0.39, 0.29) is 11.5 Å². The number of rotatable bonds is 5. The number of anilines is 1. The van der Waals surface area contributed by atoms with E-state index < -0.39 is 4.92 Å². The van der Waals surface area contributed by atoms with Crippen LogP contribution in [0.2, 0.25) is 0 Å². The van der Waals surface area contributed by atoms with Gasteiger partial charge in [0.1, 0.15) is 5.69 Å². The summed E-state index contributed by atoms with van der Waals surface area (Å²) in [6.45, 7) is 0. The normalized spacial score (nSPS) is 10.5. The van der Waals surface area contributed by atoms with Crippen molar-refractivity contribution in [2.75, 3.05) is 33.1 Å². The third kappa shape index (κ3) is 3.80. The lowest BCUT2D eigenvalue weighted by atomic mass is 10.1. The fourth-order valence-corrected chi connectivity index (χ4v) is 1.51. The Balaban J connectivity index is 3.15. The van der Waals surface area contributed by atoms with E-state index in [4.69, 9.17) is 0 Å². The molecule has 0 spiro atoms. The van der Waals surface area contributed by atoms with Gasteiger partial charge in [0, 0.05) is 52.1 Å². The summed E-state index contributed by atoms with van der Waals surface area (Å²) < 4.78 is 0. The molecule has 0 unspecified atom stereocenters. The molecule has 19 heavy (non-hydrogen) atoms. The Morgan fingerprint density at radius 1 is 1.26 bits per heavy atom. The van der Waals surface area contributed by atoms with E-state index in [0.29, 0.717) is 11.3 Å². The van der Waals surface area contributed by atoms with Gasteiger partial charge < -0.3 is 9.80 Å². The molecule has 0 saturated carbocycles. The van der Waals surface area contributed by atoms with Crippen molar-refractivity contribution in [3.05, 3.63) is 46.2 Å². The minimum Gasteiger partial charge on any atom is -0.383 e. The molecule has 0 fully saturated rings. The first-order chi connectivity index (χ1) is 8.82. The van der Waals surface area contributed by atoms with E-state index in [9.17, 15) is 14.9 Å². The highest BCUT2D eigenvalue weighted by Crippen LogP contribution is 2.27. The average molecular weight is 263 g/mol. The van der Waals surface area contributed by atoms with Gasteiger partial charge in [0.15, 0.2) is 5.78 Å². The van der Waals surface area contributed by atoms with Gasteiger partial charge in [-0.05, 0) is 12.1 Å². The lowest BCUT2D eigenvalue weighted by Gasteiger charge is -2.12. The summed E-state index contributed by atoms with van der Waals surface area (Å²) in [5, 5.41) is 11.0. The fourth-order valence-electron chi connectivity index (χ4n) is 1.51. The molecule has 1 rings (SSSR count). The predicted molar refractivity (Wildman–Crippen MR) is 74.6 cm³/mol. The number of carbonyl (C=O) groups is 1. The highest BCUT2D eigenvalue weighted by molar-refractivity contribution is 6.05. The third-order valence-corrected chi connectivity index (χ3v) is 2.46. The fraction of sp³-hybridized carbons (Fsp3) is 0.308. The van der Waals surface area contributed by atoms with E-state index in [1.807, 2.05) is 0 Å². The molecule has 0 heterocycles. The molecule has 0 aliphatic rings. The molecule has 0 atom stereocenters. The Bertz CT molecular complexity index is 522. The second-order valence-corrected chi connectivity index (χ2v) is 4.50. The van der Waals surface area contributed by atoms with Crippen LogP contribution in [0.25, 0.3) is 0 Å². The molecule has 1 aromatic rings. The molecule has 0 radical (unpaired) electrons. The molecule has 0 aliphatic carbocycles. The number of nitrogens with zero attached hydrogens (tertiary/aromatic N) is 3. The van der Waals surface area contributed by atoms with Crippen LogP contribution in [0.15, 0.2) is 30.5 Å². The summed E-state index contributed by atoms with van der Waals surface area (Å²) in [4.78, 5) is 25.7. The first-order valence-electron chi connectivity index (χ1n) is 5.67. The molecule has 0 aliphatic heterocycles. The topological polar surface area (TPSA) is 66.7 Å². The highest BCUT2D eigenvalue weighted by Gasteiger charge is 2.17. The monoisotopic (exact) mass is 263 g/mol. The van der Waals surface area contributed by atoms with E-state index in [1.54, 1.807) is 56.3 Å². The van der Waals surface area contributed by atoms with Gasteiger partial charge >= 0.3 is 0 Å². The van der Waals surface area contributed by atoms with Gasteiger partial charge in [-0.3, -0.25) is 14.9 Å². The van der Waals surface area contributed by atoms with Gasteiger partial charge in [-0.15, -0.1) is 0 Å². The first kappa shape index (κ1) is 14.7. The van der Waals surface area contributed by atoms with Crippen LogP contribution in [0, 0.1) is 10.1 Å². The van der Waals surface area contributed by atoms with Gasteiger partial charge in [-0.2, -0.15) is 0 Å².